The molecule has 0 aliphatic heterocycles. The Labute approximate surface area is 224 Å². The van der Waals surface area contributed by atoms with Crippen LogP contribution in [0.25, 0.3) is 0 Å². The predicted molar refractivity (Wildman–Crippen MR) is 149 cm³/mol. The standard InChI is InChI=1S/C30H47N3O4/c1-8-11-12-13-14-17-21-33(26(34)22-31-29(36)37-30(5,6)7)27(28(35)32-23(4)18-9-2)25-20-16-15-19-24(25)10-3/h3,15-16,19-20,23,27H,8-9,11-14,17-18,21-22H2,1-2,4-7H3,(H,31,36)(H,32,35). The number of carbonyl (C=O) groups excluding carboxylic acids is 3. The molecule has 7 heteroatoms. The fourth-order valence-corrected chi connectivity index (χ4v) is 4.17. The summed E-state index contributed by atoms with van der Waals surface area (Å²) in [5.41, 5.74) is 0.476. The molecule has 1 aromatic rings. The fraction of sp³-hybridized carbons (Fsp3) is 0.633. The van der Waals surface area contributed by atoms with E-state index in [1.165, 1.54) is 6.42 Å². The Balaban J connectivity index is 3.26. The number of rotatable bonds is 15. The molecule has 0 aromatic heterocycles. The van der Waals surface area contributed by atoms with Crippen molar-refractivity contribution in [1.29, 1.82) is 0 Å². The minimum Gasteiger partial charge on any atom is -0.444 e. The summed E-state index contributed by atoms with van der Waals surface area (Å²) in [5.74, 6) is 2.02. The third kappa shape index (κ3) is 12.2. The lowest BCUT2D eigenvalue weighted by Gasteiger charge is -2.33. The zero-order valence-electron chi connectivity index (χ0n) is 23.7. The number of unbranched alkanes of at least 4 members (excludes halogenated alkanes) is 5. The number of hydrogen-bond acceptors (Lipinski definition) is 4. The normalized spacial score (nSPS) is 12.7. The summed E-state index contributed by atoms with van der Waals surface area (Å²) in [6.45, 7) is 11.6. The van der Waals surface area contributed by atoms with E-state index in [9.17, 15) is 14.4 Å². The largest absolute Gasteiger partial charge is 0.444 e. The molecule has 2 N–H and O–H groups in total. The Hall–Kier alpha value is -3.01. The molecule has 206 valence electrons. The van der Waals surface area contributed by atoms with Gasteiger partial charge in [0.25, 0.3) is 0 Å². The molecule has 0 heterocycles. The molecule has 2 unspecified atom stereocenters. The van der Waals surface area contributed by atoms with Crippen LogP contribution in [0.3, 0.4) is 0 Å². The highest BCUT2D eigenvalue weighted by molar-refractivity contribution is 5.91. The Morgan fingerprint density at radius 1 is 1.03 bits per heavy atom. The van der Waals surface area contributed by atoms with Crippen molar-refractivity contribution in [3.05, 3.63) is 35.4 Å². The molecule has 2 atom stereocenters. The van der Waals surface area contributed by atoms with Gasteiger partial charge in [-0.15, -0.1) is 6.42 Å². The van der Waals surface area contributed by atoms with Gasteiger partial charge in [0.2, 0.25) is 11.8 Å². The van der Waals surface area contributed by atoms with Gasteiger partial charge in [-0.1, -0.05) is 76.5 Å². The molecule has 0 bridgehead atoms. The first-order valence-corrected chi connectivity index (χ1v) is 13.7. The number of alkyl carbamates (subject to hydrolysis) is 1. The van der Waals surface area contributed by atoms with Crippen molar-refractivity contribution in [2.75, 3.05) is 13.1 Å². The van der Waals surface area contributed by atoms with Crippen LogP contribution in [0.15, 0.2) is 24.3 Å². The van der Waals surface area contributed by atoms with Crippen molar-refractivity contribution in [3.63, 3.8) is 0 Å². The summed E-state index contributed by atoms with van der Waals surface area (Å²) in [6.07, 6.45) is 13.1. The zero-order valence-corrected chi connectivity index (χ0v) is 23.7. The van der Waals surface area contributed by atoms with Crippen molar-refractivity contribution in [2.45, 2.75) is 111 Å². The third-order valence-corrected chi connectivity index (χ3v) is 5.94. The number of ether oxygens (including phenoxy) is 1. The smallest absolute Gasteiger partial charge is 0.408 e. The Morgan fingerprint density at radius 3 is 2.30 bits per heavy atom. The Morgan fingerprint density at radius 2 is 1.68 bits per heavy atom. The van der Waals surface area contributed by atoms with E-state index in [0.29, 0.717) is 17.7 Å². The van der Waals surface area contributed by atoms with Gasteiger partial charge in [-0.05, 0) is 52.2 Å². The van der Waals surface area contributed by atoms with Crippen LogP contribution in [0.1, 0.15) is 110 Å². The van der Waals surface area contributed by atoms with Gasteiger partial charge in [0.15, 0.2) is 0 Å². The maximum Gasteiger partial charge on any atom is 0.408 e. The number of nitrogens with one attached hydrogen (secondary N) is 2. The Kier molecular flexibility index (Phi) is 14.4. The van der Waals surface area contributed by atoms with Gasteiger partial charge in [-0.2, -0.15) is 0 Å². The second-order valence-electron chi connectivity index (χ2n) is 10.5. The van der Waals surface area contributed by atoms with Crippen LogP contribution in [-0.4, -0.2) is 47.5 Å². The molecule has 0 aliphatic carbocycles. The highest BCUT2D eigenvalue weighted by Gasteiger charge is 2.33. The van der Waals surface area contributed by atoms with E-state index >= 15 is 0 Å². The minimum atomic E-state index is -0.907. The highest BCUT2D eigenvalue weighted by Crippen LogP contribution is 2.26. The second-order valence-corrected chi connectivity index (χ2v) is 10.5. The van der Waals surface area contributed by atoms with Gasteiger partial charge in [-0.3, -0.25) is 9.59 Å². The third-order valence-electron chi connectivity index (χ3n) is 5.94. The molecule has 0 saturated heterocycles. The molecular formula is C30H47N3O4. The van der Waals surface area contributed by atoms with E-state index in [1.54, 1.807) is 37.8 Å². The van der Waals surface area contributed by atoms with Crippen LogP contribution in [-0.2, 0) is 14.3 Å². The van der Waals surface area contributed by atoms with Crippen molar-refractivity contribution in [1.82, 2.24) is 15.5 Å². The summed E-state index contributed by atoms with van der Waals surface area (Å²) in [7, 11) is 0. The van der Waals surface area contributed by atoms with Crippen molar-refractivity contribution in [3.8, 4) is 12.3 Å². The summed E-state index contributed by atoms with van der Waals surface area (Å²) in [5, 5.41) is 5.62. The Bertz CT molecular complexity index is 901. The van der Waals surface area contributed by atoms with E-state index in [0.717, 1.165) is 44.9 Å². The van der Waals surface area contributed by atoms with Gasteiger partial charge in [-0.25, -0.2) is 4.79 Å². The molecule has 0 fully saturated rings. The quantitative estimate of drug-likeness (QED) is 0.232. The molecule has 1 aromatic carbocycles. The van der Waals surface area contributed by atoms with E-state index in [4.69, 9.17) is 11.2 Å². The monoisotopic (exact) mass is 513 g/mol. The van der Waals surface area contributed by atoms with Gasteiger partial charge in [0.1, 0.15) is 18.2 Å². The maximum absolute atomic E-state index is 13.7. The average Bonchev–Trinajstić information content (AvgIpc) is 2.83. The first-order chi connectivity index (χ1) is 17.5. The van der Waals surface area contributed by atoms with Crippen LogP contribution in [0.5, 0.6) is 0 Å². The van der Waals surface area contributed by atoms with Gasteiger partial charge >= 0.3 is 6.09 Å². The second kappa shape index (κ2) is 16.7. The number of hydrogen-bond donors (Lipinski definition) is 2. The van der Waals surface area contributed by atoms with Gasteiger partial charge < -0.3 is 20.3 Å². The summed E-state index contributed by atoms with van der Waals surface area (Å²) in [6, 6.07) is 6.25. The molecule has 0 saturated carbocycles. The van der Waals surface area contributed by atoms with E-state index in [1.807, 2.05) is 19.1 Å². The highest BCUT2D eigenvalue weighted by atomic mass is 16.6. The van der Waals surface area contributed by atoms with Crippen molar-refractivity contribution in [2.24, 2.45) is 0 Å². The van der Waals surface area contributed by atoms with E-state index < -0.39 is 17.7 Å². The molecule has 7 nitrogen and oxygen atoms in total. The van der Waals surface area contributed by atoms with Crippen molar-refractivity contribution < 1.29 is 19.1 Å². The lowest BCUT2D eigenvalue weighted by Crippen LogP contribution is -2.49. The summed E-state index contributed by atoms with van der Waals surface area (Å²) < 4.78 is 5.29. The summed E-state index contributed by atoms with van der Waals surface area (Å²) >= 11 is 0. The van der Waals surface area contributed by atoms with Crippen LogP contribution in [0.2, 0.25) is 0 Å². The van der Waals surface area contributed by atoms with Crippen LogP contribution >= 0.6 is 0 Å². The summed E-state index contributed by atoms with van der Waals surface area (Å²) in [4.78, 5) is 41.0. The maximum atomic E-state index is 13.7. The number of amides is 3. The van der Waals surface area contributed by atoms with Crippen LogP contribution in [0.4, 0.5) is 4.79 Å². The van der Waals surface area contributed by atoms with E-state index in [-0.39, 0.29) is 24.4 Å². The minimum absolute atomic E-state index is 0.0520. The fourth-order valence-electron chi connectivity index (χ4n) is 4.17. The first-order valence-electron chi connectivity index (χ1n) is 13.7. The molecule has 3 amide bonds. The predicted octanol–water partition coefficient (Wildman–Crippen LogP) is 5.73. The number of carbonyl (C=O) groups is 3. The average molecular weight is 514 g/mol. The molecular weight excluding hydrogens is 466 g/mol. The number of nitrogens with zero attached hydrogens (tertiary/aromatic N) is 1. The molecule has 0 radical (unpaired) electrons. The number of benzene rings is 1. The lowest BCUT2D eigenvalue weighted by molar-refractivity contribution is -0.140. The number of terminal acetylenes is 1. The lowest BCUT2D eigenvalue weighted by atomic mass is 9.97. The molecule has 1 rings (SSSR count). The first kappa shape index (κ1) is 32.0. The van der Waals surface area contributed by atoms with Crippen LogP contribution in [0, 0.1) is 12.3 Å². The topological polar surface area (TPSA) is 87.7 Å². The van der Waals surface area contributed by atoms with E-state index in [2.05, 4.69) is 30.4 Å². The molecule has 37 heavy (non-hydrogen) atoms. The van der Waals surface area contributed by atoms with Gasteiger partial charge in [0.05, 0.1) is 0 Å². The van der Waals surface area contributed by atoms with Crippen molar-refractivity contribution >= 4 is 17.9 Å². The SMILES string of the molecule is C#Cc1ccccc1C(C(=O)NC(C)CCC)N(CCCCCCCC)C(=O)CNC(=O)OC(C)(C)C. The molecule has 0 spiro atoms. The zero-order chi connectivity index (χ0) is 27.8. The van der Waals surface area contributed by atoms with Crippen LogP contribution < -0.4 is 10.6 Å². The molecule has 0 aliphatic rings. The van der Waals surface area contributed by atoms with Gasteiger partial charge in [0, 0.05) is 18.2 Å².